The minimum atomic E-state index is -3.96. The second-order valence-corrected chi connectivity index (χ2v) is 6.67. The molecule has 0 aliphatic heterocycles. The van der Waals surface area contributed by atoms with Gasteiger partial charge in [-0.1, -0.05) is 12.2 Å². The average molecular weight is 313 g/mol. The van der Waals surface area contributed by atoms with Crippen molar-refractivity contribution < 1.29 is 22.7 Å². The molecular formula is C14H16FNO4S. The van der Waals surface area contributed by atoms with Gasteiger partial charge in [0.25, 0.3) is 0 Å². The number of carboxylic acid groups (broad SMARTS) is 1. The van der Waals surface area contributed by atoms with E-state index in [9.17, 15) is 17.6 Å². The van der Waals surface area contributed by atoms with E-state index in [2.05, 4.69) is 4.72 Å². The Kier molecular flexibility index (Phi) is 4.43. The fourth-order valence-electron chi connectivity index (χ4n) is 2.24. The van der Waals surface area contributed by atoms with Crippen molar-refractivity contribution in [3.05, 3.63) is 41.2 Å². The van der Waals surface area contributed by atoms with E-state index in [1.54, 1.807) is 0 Å². The van der Waals surface area contributed by atoms with E-state index < -0.39 is 21.8 Å². The average Bonchev–Trinajstić information content (AvgIpc) is 2.41. The third kappa shape index (κ3) is 3.48. The lowest BCUT2D eigenvalue weighted by atomic mass is 10.0. The number of carbonyl (C=O) groups is 1. The molecule has 7 heteroatoms. The summed E-state index contributed by atoms with van der Waals surface area (Å²) in [6.45, 7) is 1.32. The first kappa shape index (κ1) is 15.7. The minimum Gasteiger partial charge on any atom is -0.478 e. The normalized spacial score (nSPS) is 18.7. The molecule has 0 radical (unpaired) electrons. The number of halogens is 1. The van der Waals surface area contributed by atoms with Crippen molar-refractivity contribution in [1.29, 1.82) is 0 Å². The number of benzene rings is 1. The SMILES string of the molecule is Cc1c(F)cc(C(=O)O)cc1S(=O)(=O)NC1CC=CCC1. The van der Waals surface area contributed by atoms with Crippen LogP contribution < -0.4 is 4.72 Å². The monoisotopic (exact) mass is 313 g/mol. The lowest BCUT2D eigenvalue weighted by Gasteiger charge is -2.20. The van der Waals surface area contributed by atoms with Crippen molar-refractivity contribution in [2.45, 2.75) is 37.1 Å². The van der Waals surface area contributed by atoms with E-state index in [1.165, 1.54) is 6.92 Å². The van der Waals surface area contributed by atoms with Crippen LogP contribution in [-0.4, -0.2) is 25.5 Å². The summed E-state index contributed by atoms with van der Waals surface area (Å²) in [4.78, 5) is 10.6. The standard InChI is InChI=1S/C14H16FNO4S/c1-9-12(15)7-10(14(17)18)8-13(9)21(19,20)16-11-5-3-2-4-6-11/h2-3,7-8,11,16H,4-6H2,1H3,(H,17,18). The number of aromatic carboxylic acids is 1. The van der Waals surface area contributed by atoms with Crippen LogP contribution in [0.15, 0.2) is 29.2 Å². The summed E-state index contributed by atoms with van der Waals surface area (Å²) < 4.78 is 41.0. The van der Waals surface area contributed by atoms with Gasteiger partial charge in [-0.05, 0) is 38.3 Å². The molecule has 1 unspecified atom stereocenters. The molecule has 0 saturated heterocycles. The number of sulfonamides is 1. The van der Waals surface area contributed by atoms with E-state index in [1.807, 2.05) is 12.2 Å². The first-order valence-electron chi connectivity index (χ1n) is 6.52. The van der Waals surface area contributed by atoms with Gasteiger partial charge in [0.2, 0.25) is 10.0 Å². The van der Waals surface area contributed by atoms with E-state index >= 15 is 0 Å². The minimum absolute atomic E-state index is 0.0844. The molecule has 0 heterocycles. The van der Waals surface area contributed by atoms with Gasteiger partial charge in [-0.25, -0.2) is 22.3 Å². The van der Waals surface area contributed by atoms with Crippen LogP contribution in [0.5, 0.6) is 0 Å². The maximum absolute atomic E-state index is 13.7. The molecule has 1 aromatic carbocycles. The fourth-order valence-corrected chi connectivity index (χ4v) is 3.80. The van der Waals surface area contributed by atoms with Gasteiger partial charge in [0, 0.05) is 11.6 Å². The van der Waals surface area contributed by atoms with Crippen LogP contribution >= 0.6 is 0 Å². The molecule has 0 aromatic heterocycles. The summed E-state index contributed by atoms with van der Waals surface area (Å²) in [5.41, 5.74) is -0.471. The second-order valence-electron chi connectivity index (χ2n) is 4.99. The van der Waals surface area contributed by atoms with Crippen molar-refractivity contribution in [3.63, 3.8) is 0 Å². The highest BCUT2D eigenvalue weighted by Gasteiger charge is 2.25. The zero-order valence-electron chi connectivity index (χ0n) is 11.5. The predicted molar refractivity (Wildman–Crippen MR) is 75.2 cm³/mol. The van der Waals surface area contributed by atoms with Crippen LogP contribution in [0.1, 0.15) is 35.2 Å². The molecule has 5 nitrogen and oxygen atoms in total. The number of carboxylic acids is 1. The number of allylic oxidation sites excluding steroid dienone is 1. The van der Waals surface area contributed by atoms with E-state index in [0.29, 0.717) is 12.8 Å². The van der Waals surface area contributed by atoms with Gasteiger partial charge in [0.15, 0.2) is 0 Å². The molecule has 0 spiro atoms. The van der Waals surface area contributed by atoms with E-state index in [0.717, 1.165) is 18.6 Å². The maximum atomic E-state index is 13.7. The van der Waals surface area contributed by atoms with Gasteiger partial charge < -0.3 is 5.11 Å². The van der Waals surface area contributed by atoms with Gasteiger partial charge in [-0.15, -0.1) is 0 Å². The molecule has 2 rings (SSSR count). The first-order valence-corrected chi connectivity index (χ1v) is 8.00. The molecule has 1 atom stereocenters. The Morgan fingerprint density at radius 2 is 2.10 bits per heavy atom. The summed E-state index contributed by atoms with van der Waals surface area (Å²) in [5, 5.41) is 8.92. The van der Waals surface area contributed by atoms with Crippen LogP contribution in [0.2, 0.25) is 0 Å². The Hall–Kier alpha value is -1.73. The smallest absolute Gasteiger partial charge is 0.335 e. The van der Waals surface area contributed by atoms with Gasteiger partial charge in [-0.3, -0.25) is 0 Å². The highest BCUT2D eigenvalue weighted by molar-refractivity contribution is 7.89. The van der Waals surface area contributed by atoms with Gasteiger partial charge in [0.1, 0.15) is 5.82 Å². The molecule has 1 aliphatic rings. The highest BCUT2D eigenvalue weighted by Crippen LogP contribution is 2.22. The Labute approximate surface area is 122 Å². The number of rotatable bonds is 4. The van der Waals surface area contributed by atoms with Crippen LogP contribution in [0.25, 0.3) is 0 Å². The zero-order valence-corrected chi connectivity index (χ0v) is 12.3. The number of hydrogen-bond acceptors (Lipinski definition) is 3. The molecule has 1 aromatic rings. The zero-order chi connectivity index (χ0) is 15.6. The molecule has 0 fully saturated rings. The Balaban J connectivity index is 2.39. The Morgan fingerprint density at radius 3 is 2.67 bits per heavy atom. The molecule has 2 N–H and O–H groups in total. The van der Waals surface area contributed by atoms with Gasteiger partial charge in [0.05, 0.1) is 10.5 Å². The number of nitrogens with one attached hydrogen (secondary N) is 1. The topological polar surface area (TPSA) is 83.5 Å². The number of hydrogen-bond donors (Lipinski definition) is 2. The molecule has 114 valence electrons. The van der Waals surface area contributed by atoms with E-state index in [-0.39, 0.29) is 22.1 Å². The second kappa shape index (κ2) is 5.95. The van der Waals surface area contributed by atoms with Crippen molar-refractivity contribution in [3.8, 4) is 0 Å². The predicted octanol–water partition coefficient (Wildman–Crippen LogP) is 2.22. The van der Waals surface area contributed by atoms with Gasteiger partial charge >= 0.3 is 5.97 Å². The summed E-state index contributed by atoms with van der Waals surface area (Å²) in [7, 11) is -3.96. The molecule has 21 heavy (non-hydrogen) atoms. The highest BCUT2D eigenvalue weighted by atomic mass is 32.2. The van der Waals surface area contributed by atoms with Gasteiger partial charge in [-0.2, -0.15) is 0 Å². The maximum Gasteiger partial charge on any atom is 0.335 e. The molecule has 0 amide bonds. The summed E-state index contributed by atoms with van der Waals surface area (Å²) in [6, 6.07) is 1.55. The first-order chi connectivity index (χ1) is 9.81. The summed E-state index contributed by atoms with van der Waals surface area (Å²) in [5.74, 6) is -2.22. The van der Waals surface area contributed by atoms with Crippen LogP contribution in [0.4, 0.5) is 4.39 Å². The third-order valence-corrected chi connectivity index (χ3v) is 5.07. The van der Waals surface area contributed by atoms with Crippen LogP contribution in [0, 0.1) is 12.7 Å². The Morgan fingerprint density at radius 1 is 1.38 bits per heavy atom. The lowest BCUT2D eigenvalue weighted by Crippen LogP contribution is -2.35. The van der Waals surface area contributed by atoms with Crippen molar-refractivity contribution in [2.24, 2.45) is 0 Å². The van der Waals surface area contributed by atoms with Crippen molar-refractivity contribution >= 4 is 16.0 Å². The largest absolute Gasteiger partial charge is 0.478 e. The van der Waals surface area contributed by atoms with Crippen molar-refractivity contribution in [1.82, 2.24) is 4.72 Å². The molecular weight excluding hydrogens is 297 g/mol. The quantitative estimate of drug-likeness (QED) is 0.835. The third-order valence-electron chi connectivity index (χ3n) is 3.42. The van der Waals surface area contributed by atoms with Crippen LogP contribution in [-0.2, 0) is 10.0 Å². The molecule has 1 aliphatic carbocycles. The van der Waals surface area contributed by atoms with E-state index in [4.69, 9.17) is 5.11 Å². The lowest BCUT2D eigenvalue weighted by molar-refractivity contribution is 0.0696. The molecule has 0 saturated carbocycles. The van der Waals surface area contributed by atoms with Crippen molar-refractivity contribution in [2.75, 3.05) is 0 Å². The Bertz CT molecular complexity index is 697. The fraction of sp³-hybridized carbons (Fsp3) is 0.357. The van der Waals surface area contributed by atoms with Crippen LogP contribution in [0.3, 0.4) is 0 Å². The summed E-state index contributed by atoms with van der Waals surface area (Å²) >= 11 is 0. The summed E-state index contributed by atoms with van der Waals surface area (Å²) in [6.07, 6.45) is 5.86. The molecule has 0 bridgehead atoms.